The van der Waals surface area contributed by atoms with E-state index in [0.29, 0.717) is 25.3 Å². The Morgan fingerprint density at radius 2 is 1.85 bits per heavy atom. The molecular formula is C23H28N2O2. The first-order chi connectivity index (χ1) is 13.0. The number of benzene rings is 2. The molecule has 1 N–H and O–H groups in total. The van der Waals surface area contributed by atoms with Crippen molar-refractivity contribution in [2.45, 2.75) is 46.1 Å². The van der Waals surface area contributed by atoms with Crippen molar-refractivity contribution >= 4 is 17.5 Å². The molecular weight excluding hydrogens is 336 g/mol. The van der Waals surface area contributed by atoms with Crippen LogP contribution in [0.5, 0.6) is 0 Å². The molecule has 1 heterocycles. The van der Waals surface area contributed by atoms with Crippen molar-refractivity contribution in [2.75, 3.05) is 11.4 Å². The van der Waals surface area contributed by atoms with Crippen LogP contribution in [0.4, 0.5) is 5.69 Å². The molecule has 0 unspecified atom stereocenters. The van der Waals surface area contributed by atoms with Gasteiger partial charge < -0.3 is 10.2 Å². The minimum Gasteiger partial charge on any atom is -0.352 e. The summed E-state index contributed by atoms with van der Waals surface area (Å²) in [6, 6.07) is 16.2. The number of nitrogens with zero attached hydrogens (tertiary/aromatic N) is 1. The molecule has 2 aromatic rings. The molecule has 1 aliphatic rings. The lowest BCUT2D eigenvalue weighted by molar-refractivity contribution is -0.121. The molecule has 0 saturated carbocycles. The number of carbonyl (C=O) groups excluding carboxylic acids is 2. The van der Waals surface area contributed by atoms with Crippen LogP contribution in [0.2, 0.25) is 0 Å². The van der Waals surface area contributed by atoms with Crippen molar-refractivity contribution in [1.29, 1.82) is 0 Å². The van der Waals surface area contributed by atoms with E-state index in [1.165, 1.54) is 11.1 Å². The van der Waals surface area contributed by atoms with Gasteiger partial charge in [-0.25, -0.2) is 0 Å². The van der Waals surface area contributed by atoms with Gasteiger partial charge in [-0.15, -0.1) is 0 Å². The Bertz CT molecular complexity index is 799. The molecule has 0 aromatic heterocycles. The van der Waals surface area contributed by atoms with Crippen LogP contribution < -0.4 is 10.2 Å². The zero-order chi connectivity index (χ0) is 19.2. The van der Waals surface area contributed by atoms with Gasteiger partial charge in [-0.3, -0.25) is 9.59 Å². The van der Waals surface area contributed by atoms with E-state index in [9.17, 15) is 9.59 Å². The first-order valence-electron chi connectivity index (χ1n) is 9.75. The molecule has 4 nitrogen and oxygen atoms in total. The fraction of sp³-hybridized carbons (Fsp3) is 0.391. The van der Waals surface area contributed by atoms with Crippen LogP contribution in [0.3, 0.4) is 0 Å². The molecule has 4 heteroatoms. The topological polar surface area (TPSA) is 49.4 Å². The lowest BCUT2D eigenvalue weighted by Crippen LogP contribution is -2.29. The number of nitrogens with one attached hydrogen (secondary N) is 1. The largest absolute Gasteiger partial charge is 0.352 e. The molecule has 3 rings (SSSR count). The van der Waals surface area contributed by atoms with E-state index in [1.54, 1.807) is 0 Å². The van der Waals surface area contributed by atoms with Crippen molar-refractivity contribution in [3.63, 3.8) is 0 Å². The van der Waals surface area contributed by atoms with Crippen molar-refractivity contribution in [1.82, 2.24) is 5.32 Å². The molecule has 0 bridgehead atoms. The minimum absolute atomic E-state index is 0.0630. The van der Waals surface area contributed by atoms with Crippen LogP contribution >= 0.6 is 0 Å². The second-order valence-electron chi connectivity index (χ2n) is 7.62. The standard InChI is InChI=1S/C23H28N2O2/c1-17(2)14-23(27)25-13-12-20-15-19(8-10-21(20)25)16-24-22(26)11-9-18-6-4-3-5-7-18/h3-8,10,15,17H,9,11-14,16H2,1-2H3,(H,24,26). The zero-order valence-corrected chi connectivity index (χ0v) is 16.2. The third kappa shape index (κ3) is 5.19. The van der Waals surface area contributed by atoms with Gasteiger partial charge in [0.15, 0.2) is 0 Å². The van der Waals surface area contributed by atoms with Crippen molar-refractivity contribution in [2.24, 2.45) is 5.92 Å². The Morgan fingerprint density at radius 1 is 1.07 bits per heavy atom. The summed E-state index contributed by atoms with van der Waals surface area (Å²) in [6.45, 7) is 5.42. The average molecular weight is 364 g/mol. The van der Waals surface area contributed by atoms with Gasteiger partial charge >= 0.3 is 0 Å². The highest BCUT2D eigenvalue weighted by atomic mass is 16.2. The summed E-state index contributed by atoms with van der Waals surface area (Å²) in [5.74, 6) is 0.630. The summed E-state index contributed by atoms with van der Waals surface area (Å²) >= 11 is 0. The highest BCUT2D eigenvalue weighted by Gasteiger charge is 2.25. The summed E-state index contributed by atoms with van der Waals surface area (Å²) in [5, 5.41) is 3.00. The molecule has 0 fully saturated rings. The number of aryl methyl sites for hydroxylation is 1. The molecule has 1 aliphatic heterocycles. The molecule has 142 valence electrons. The Morgan fingerprint density at radius 3 is 2.59 bits per heavy atom. The van der Waals surface area contributed by atoms with E-state index in [-0.39, 0.29) is 11.8 Å². The van der Waals surface area contributed by atoms with Crippen LogP contribution in [0.1, 0.15) is 43.4 Å². The highest BCUT2D eigenvalue weighted by Crippen LogP contribution is 2.30. The molecule has 27 heavy (non-hydrogen) atoms. The van der Waals surface area contributed by atoms with Gasteiger partial charge in [0.05, 0.1) is 0 Å². The van der Waals surface area contributed by atoms with Crippen molar-refractivity contribution < 1.29 is 9.59 Å². The molecule has 2 amide bonds. The van der Waals surface area contributed by atoms with Crippen molar-refractivity contribution in [3.8, 4) is 0 Å². The Hall–Kier alpha value is -2.62. The minimum atomic E-state index is 0.0630. The maximum Gasteiger partial charge on any atom is 0.227 e. The predicted octanol–water partition coefficient (Wildman–Crippen LogP) is 3.87. The summed E-state index contributed by atoms with van der Waals surface area (Å²) in [6.07, 6.45) is 2.71. The van der Waals surface area contributed by atoms with Gasteiger partial charge in [-0.05, 0) is 41.5 Å². The normalized spacial score (nSPS) is 12.9. The molecule has 0 saturated heterocycles. The van der Waals surface area contributed by atoms with Gasteiger partial charge in [0.2, 0.25) is 11.8 Å². The third-order valence-corrected chi connectivity index (χ3v) is 4.90. The van der Waals surface area contributed by atoms with Crippen LogP contribution in [-0.2, 0) is 29.0 Å². The number of carbonyl (C=O) groups is 2. The predicted molar refractivity (Wildman–Crippen MR) is 109 cm³/mol. The molecule has 0 aliphatic carbocycles. The molecule has 0 spiro atoms. The highest BCUT2D eigenvalue weighted by molar-refractivity contribution is 5.95. The van der Waals surface area contributed by atoms with Crippen LogP contribution in [0, 0.1) is 5.92 Å². The number of hydrogen-bond acceptors (Lipinski definition) is 2. The quantitative estimate of drug-likeness (QED) is 0.811. The Kier molecular flexibility index (Phi) is 6.28. The number of hydrogen-bond donors (Lipinski definition) is 1. The summed E-state index contributed by atoms with van der Waals surface area (Å²) in [5.41, 5.74) is 4.49. The lowest BCUT2D eigenvalue weighted by Gasteiger charge is -2.18. The maximum atomic E-state index is 12.4. The Labute approximate surface area is 161 Å². The Balaban J connectivity index is 1.52. The summed E-state index contributed by atoms with van der Waals surface area (Å²) < 4.78 is 0. The van der Waals surface area contributed by atoms with E-state index in [1.807, 2.05) is 47.4 Å². The fourth-order valence-corrected chi connectivity index (χ4v) is 3.48. The molecule has 0 atom stereocenters. The summed E-state index contributed by atoms with van der Waals surface area (Å²) in [4.78, 5) is 26.4. The average Bonchev–Trinajstić information content (AvgIpc) is 3.08. The number of amides is 2. The fourth-order valence-electron chi connectivity index (χ4n) is 3.48. The van der Waals surface area contributed by atoms with E-state index in [0.717, 1.165) is 30.6 Å². The van der Waals surface area contributed by atoms with Gasteiger partial charge in [0, 0.05) is 31.6 Å². The van der Waals surface area contributed by atoms with E-state index < -0.39 is 0 Å². The third-order valence-electron chi connectivity index (χ3n) is 4.90. The molecule has 2 aromatic carbocycles. The lowest BCUT2D eigenvalue weighted by atomic mass is 10.1. The molecule has 0 radical (unpaired) electrons. The van der Waals surface area contributed by atoms with Crippen molar-refractivity contribution in [3.05, 3.63) is 65.2 Å². The second-order valence-corrected chi connectivity index (χ2v) is 7.62. The first-order valence-corrected chi connectivity index (χ1v) is 9.75. The van der Waals surface area contributed by atoms with Gasteiger partial charge in [0.1, 0.15) is 0 Å². The maximum absolute atomic E-state index is 12.4. The second kappa shape index (κ2) is 8.85. The van der Waals surface area contributed by atoms with Gasteiger partial charge in [-0.1, -0.05) is 56.3 Å². The zero-order valence-electron chi connectivity index (χ0n) is 16.2. The number of anilines is 1. The van der Waals surface area contributed by atoms with Crippen LogP contribution in [-0.4, -0.2) is 18.4 Å². The smallest absolute Gasteiger partial charge is 0.227 e. The van der Waals surface area contributed by atoms with E-state index >= 15 is 0 Å². The number of rotatable bonds is 7. The SMILES string of the molecule is CC(C)CC(=O)N1CCc2cc(CNC(=O)CCc3ccccc3)ccc21. The first kappa shape index (κ1) is 19.2. The van der Waals surface area contributed by atoms with Crippen LogP contribution in [0.25, 0.3) is 0 Å². The van der Waals surface area contributed by atoms with Gasteiger partial charge in [-0.2, -0.15) is 0 Å². The van der Waals surface area contributed by atoms with Crippen LogP contribution in [0.15, 0.2) is 48.5 Å². The monoisotopic (exact) mass is 364 g/mol. The van der Waals surface area contributed by atoms with E-state index in [2.05, 4.69) is 25.2 Å². The number of fused-ring (bicyclic) bond motifs is 1. The summed E-state index contributed by atoms with van der Waals surface area (Å²) in [7, 11) is 0. The van der Waals surface area contributed by atoms with E-state index in [4.69, 9.17) is 0 Å². The van der Waals surface area contributed by atoms with Gasteiger partial charge in [0.25, 0.3) is 0 Å².